The highest BCUT2D eigenvalue weighted by atomic mass is 16.5. The molecule has 0 spiro atoms. The standard InChI is InChI=1S/C20H25N3O2/c1-4-18-17(12-21-13-22-18)20(24)23-9-7-16(8-10-23)25-19-11-14(2)5-6-15(19)3/h5-6,11-13,16H,4,7-10H2,1-3H3. The average molecular weight is 339 g/mol. The molecule has 3 rings (SSSR count). The second-order valence-corrected chi connectivity index (χ2v) is 6.62. The molecule has 2 aromatic rings. The molecule has 5 heteroatoms. The predicted molar refractivity (Wildman–Crippen MR) is 96.9 cm³/mol. The van der Waals surface area contributed by atoms with Gasteiger partial charge in [0.15, 0.2) is 0 Å². The van der Waals surface area contributed by atoms with Crippen LogP contribution in [0.4, 0.5) is 0 Å². The molecule has 0 bridgehead atoms. The molecule has 1 aromatic carbocycles. The van der Waals surface area contributed by atoms with Crippen molar-refractivity contribution in [2.24, 2.45) is 0 Å². The van der Waals surface area contributed by atoms with Crippen LogP contribution in [0.1, 0.15) is 46.9 Å². The predicted octanol–water partition coefficient (Wildman–Crippen LogP) is 3.34. The Labute approximate surface area is 149 Å². The fourth-order valence-electron chi connectivity index (χ4n) is 3.18. The molecular weight excluding hydrogens is 314 g/mol. The lowest BCUT2D eigenvalue weighted by Crippen LogP contribution is -2.42. The first-order valence-electron chi connectivity index (χ1n) is 8.90. The summed E-state index contributed by atoms with van der Waals surface area (Å²) in [5.74, 6) is 0.983. The average Bonchev–Trinajstić information content (AvgIpc) is 2.64. The first-order valence-corrected chi connectivity index (χ1v) is 8.90. The summed E-state index contributed by atoms with van der Waals surface area (Å²) in [5.41, 5.74) is 3.79. The molecule has 0 N–H and O–H groups in total. The minimum absolute atomic E-state index is 0.0302. The van der Waals surface area contributed by atoms with Crippen molar-refractivity contribution in [1.29, 1.82) is 0 Å². The number of aryl methyl sites for hydroxylation is 3. The monoisotopic (exact) mass is 339 g/mol. The van der Waals surface area contributed by atoms with Crippen LogP contribution >= 0.6 is 0 Å². The maximum atomic E-state index is 12.7. The Morgan fingerprint density at radius 2 is 2.04 bits per heavy atom. The van der Waals surface area contributed by atoms with E-state index in [1.807, 2.05) is 11.8 Å². The number of carbonyl (C=O) groups is 1. The van der Waals surface area contributed by atoms with Crippen molar-refractivity contribution in [2.45, 2.75) is 46.1 Å². The molecule has 0 unspecified atom stereocenters. The first kappa shape index (κ1) is 17.4. The van der Waals surface area contributed by atoms with Crippen LogP contribution in [0.25, 0.3) is 0 Å². The number of piperidine rings is 1. The number of nitrogens with zero attached hydrogens (tertiary/aromatic N) is 3. The van der Waals surface area contributed by atoms with Crippen molar-refractivity contribution < 1.29 is 9.53 Å². The highest BCUT2D eigenvalue weighted by molar-refractivity contribution is 5.95. The first-order chi connectivity index (χ1) is 12.1. The van der Waals surface area contributed by atoms with E-state index in [1.165, 1.54) is 11.9 Å². The Morgan fingerprint density at radius 3 is 2.76 bits per heavy atom. The Balaban J connectivity index is 1.62. The second-order valence-electron chi connectivity index (χ2n) is 6.62. The van der Waals surface area contributed by atoms with Crippen LogP contribution in [0.5, 0.6) is 5.75 Å². The zero-order valence-electron chi connectivity index (χ0n) is 15.2. The van der Waals surface area contributed by atoms with Gasteiger partial charge >= 0.3 is 0 Å². The minimum atomic E-state index is 0.0302. The Bertz CT molecular complexity index is 752. The third-order valence-corrected chi connectivity index (χ3v) is 4.73. The van der Waals surface area contributed by atoms with Gasteiger partial charge in [0.25, 0.3) is 5.91 Å². The van der Waals surface area contributed by atoms with Gasteiger partial charge < -0.3 is 9.64 Å². The Kier molecular flexibility index (Phi) is 5.31. The van der Waals surface area contributed by atoms with E-state index in [1.54, 1.807) is 6.20 Å². The molecular formula is C20H25N3O2. The van der Waals surface area contributed by atoms with E-state index in [9.17, 15) is 4.79 Å². The maximum absolute atomic E-state index is 12.7. The third-order valence-electron chi connectivity index (χ3n) is 4.73. The molecule has 0 aliphatic carbocycles. The van der Waals surface area contributed by atoms with Gasteiger partial charge in [-0.2, -0.15) is 0 Å². The van der Waals surface area contributed by atoms with Crippen molar-refractivity contribution in [1.82, 2.24) is 14.9 Å². The zero-order chi connectivity index (χ0) is 17.8. The quantitative estimate of drug-likeness (QED) is 0.857. The van der Waals surface area contributed by atoms with Gasteiger partial charge in [-0.05, 0) is 37.5 Å². The molecule has 0 saturated carbocycles. The molecule has 1 aliphatic rings. The van der Waals surface area contributed by atoms with Crippen molar-refractivity contribution >= 4 is 5.91 Å². The molecule has 1 fully saturated rings. The number of benzene rings is 1. The lowest BCUT2D eigenvalue weighted by molar-refractivity contribution is 0.0592. The summed E-state index contributed by atoms with van der Waals surface area (Å²) in [6.45, 7) is 7.54. The van der Waals surface area contributed by atoms with Gasteiger partial charge in [-0.15, -0.1) is 0 Å². The van der Waals surface area contributed by atoms with E-state index >= 15 is 0 Å². The fraction of sp³-hybridized carbons (Fsp3) is 0.450. The Hall–Kier alpha value is -2.43. The summed E-state index contributed by atoms with van der Waals surface area (Å²) >= 11 is 0. The van der Waals surface area contributed by atoms with Gasteiger partial charge in [0.05, 0.1) is 11.3 Å². The van der Waals surface area contributed by atoms with Gasteiger partial charge in [0.1, 0.15) is 18.2 Å². The van der Waals surface area contributed by atoms with Gasteiger partial charge in [0, 0.05) is 32.1 Å². The Morgan fingerprint density at radius 1 is 1.28 bits per heavy atom. The number of amides is 1. The maximum Gasteiger partial charge on any atom is 0.257 e. The summed E-state index contributed by atoms with van der Waals surface area (Å²) in [6.07, 6.45) is 5.70. The SMILES string of the molecule is CCc1ncncc1C(=O)N1CCC(Oc2cc(C)ccc2C)CC1. The summed E-state index contributed by atoms with van der Waals surface area (Å²) < 4.78 is 6.18. The molecule has 132 valence electrons. The highest BCUT2D eigenvalue weighted by Gasteiger charge is 2.26. The van der Waals surface area contributed by atoms with Gasteiger partial charge in [-0.3, -0.25) is 4.79 Å². The molecule has 1 aromatic heterocycles. The van der Waals surface area contributed by atoms with E-state index in [-0.39, 0.29) is 12.0 Å². The molecule has 0 atom stereocenters. The van der Waals surface area contributed by atoms with Crippen molar-refractivity contribution in [3.63, 3.8) is 0 Å². The smallest absolute Gasteiger partial charge is 0.257 e. The second kappa shape index (κ2) is 7.64. The minimum Gasteiger partial charge on any atom is -0.490 e. The van der Waals surface area contributed by atoms with Gasteiger partial charge in [-0.1, -0.05) is 19.1 Å². The van der Waals surface area contributed by atoms with Crippen LogP contribution in [0.3, 0.4) is 0 Å². The molecule has 1 amide bonds. The van der Waals surface area contributed by atoms with Crippen LogP contribution in [0.15, 0.2) is 30.7 Å². The highest BCUT2D eigenvalue weighted by Crippen LogP contribution is 2.24. The summed E-state index contributed by atoms with van der Waals surface area (Å²) in [6, 6.07) is 6.27. The van der Waals surface area contributed by atoms with Gasteiger partial charge in [-0.25, -0.2) is 9.97 Å². The molecule has 2 heterocycles. The number of hydrogen-bond donors (Lipinski definition) is 0. The van der Waals surface area contributed by atoms with Crippen molar-refractivity contribution in [3.8, 4) is 5.75 Å². The molecule has 5 nitrogen and oxygen atoms in total. The van der Waals surface area contributed by atoms with E-state index in [2.05, 4.69) is 42.0 Å². The van der Waals surface area contributed by atoms with Crippen molar-refractivity contribution in [3.05, 3.63) is 53.1 Å². The molecule has 1 saturated heterocycles. The largest absolute Gasteiger partial charge is 0.490 e. The van der Waals surface area contributed by atoms with Crippen molar-refractivity contribution in [2.75, 3.05) is 13.1 Å². The summed E-state index contributed by atoms with van der Waals surface area (Å²) in [7, 11) is 0. The number of hydrogen-bond acceptors (Lipinski definition) is 4. The van der Waals surface area contributed by atoms with E-state index < -0.39 is 0 Å². The number of ether oxygens (including phenoxy) is 1. The normalized spacial score (nSPS) is 15.2. The van der Waals surface area contributed by atoms with E-state index in [4.69, 9.17) is 4.74 Å². The van der Waals surface area contributed by atoms with Gasteiger partial charge in [0.2, 0.25) is 0 Å². The number of aromatic nitrogens is 2. The zero-order valence-corrected chi connectivity index (χ0v) is 15.2. The van der Waals surface area contributed by atoms with Crippen LogP contribution < -0.4 is 4.74 Å². The molecule has 1 aliphatic heterocycles. The summed E-state index contributed by atoms with van der Waals surface area (Å²) in [4.78, 5) is 22.9. The van der Waals surface area contributed by atoms with E-state index in [0.717, 1.165) is 36.3 Å². The van der Waals surface area contributed by atoms with E-state index in [0.29, 0.717) is 18.7 Å². The number of likely N-dealkylation sites (tertiary alicyclic amines) is 1. The summed E-state index contributed by atoms with van der Waals surface area (Å²) in [5, 5.41) is 0. The van der Waals surface area contributed by atoms with Crippen LogP contribution in [0, 0.1) is 13.8 Å². The fourth-order valence-corrected chi connectivity index (χ4v) is 3.18. The third kappa shape index (κ3) is 3.98. The molecule has 0 radical (unpaired) electrons. The lowest BCUT2D eigenvalue weighted by atomic mass is 10.1. The topological polar surface area (TPSA) is 55.3 Å². The van der Waals surface area contributed by atoms with Crippen LogP contribution in [0.2, 0.25) is 0 Å². The number of rotatable bonds is 4. The van der Waals surface area contributed by atoms with Crippen LogP contribution in [-0.4, -0.2) is 40.0 Å². The van der Waals surface area contributed by atoms with Crippen LogP contribution in [-0.2, 0) is 6.42 Å². The lowest BCUT2D eigenvalue weighted by Gasteiger charge is -2.32. The number of carbonyl (C=O) groups excluding carboxylic acids is 1. The molecule has 25 heavy (non-hydrogen) atoms.